The van der Waals surface area contributed by atoms with E-state index in [0.29, 0.717) is 0 Å². The molecule has 3 heteroatoms. The molecule has 1 atom stereocenters. The van der Waals surface area contributed by atoms with Gasteiger partial charge in [-0.1, -0.05) is 26.8 Å². The second-order valence-electron chi connectivity index (χ2n) is 6.92. The van der Waals surface area contributed by atoms with Crippen molar-refractivity contribution in [3.8, 4) is 0 Å². The van der Waals surface area contributed by atoms with Crippen LogP contribution in [0.1, 0.15) is 58.1 Å². The van der Waals surface area contributed by atoms with Crippen molar-refractivity contribution in [2.75, 3.05) is 13.1 Å². The molecule has 0 radical (unpaired) electrons. The third-order valence-electron chi connectivity index (χ3n) is 5.52. The summed E-state index contributed by atoms with van der Waals surface area (Å²) in [7, 11) is 0. The Morgan fingerprint density at radius 3 is 2.48 bits per heavy atom. The summed E-state index contributed by atoms with van der Waals surface area (Å²) in [5, 5.41) is 3.84. The van der Waals surface area contributed by atoms with Crippen LogP contribution in [0.3, 0.4) is 0 Å². The molecule has 1 fully saturated rings. The van der Waals surface area contributed by atoms with Crippen molar-refractivity contribution in [2.24, 2.45) is 0 Å². The van der Waals surface area contributed by atoms with Crippen LogP contribution in [0.5, 0.6) is 0 Å². The van der Waals surface area contributed by atoms with Gasteiger partial charge >= 0.3 is 0 Å². The van der Waals surface area contributed by atoms with Crippen LogP contribution in [-0.2, 0) is 6.54 Å². The highest BCUT2D eigenvalue weighted by Gasteiger charge is 2.42. The Morgan fingerprint density at radius 1 is 1.19 bits per heavy atom. The van der Waals surface area contributed by atoms with Gasteiger partial charge < -0.3 is 5.32 Å². The molecule has 118 valence electrons. The fourth-order valence-corrected chi connectivity index (χ4v) is 3.35. The SMILES string of the molecule is CCC1(CC)CN(Cc2cncc(C)c2)C(C)(CC)CN1. The Hall–Kier alpha value is -0.930. The van der Waals surface area contributed by atoms with Gasteiger partial charge in [0.1, 0.15) is 0 Å². The maximum absolute atomic E-state index is 4.36. The zero-order valence-corrected chi connectivity index (χ0v) is 14.4. The number of piperazine rings is 1. The molecular weight excluding hydrogens is 258 g/mol. The molecular formula is C18H31N3. The number of pyridine rings is 1. The first-order valence-corrected chi connectivity index (χ1v) is 8.37. The highest BCUT2D eigenvalue weighted by atomic mass is 15.3. The summed E-state index contributed by atoms with van der Waals surface area (Å²) in [6.07, 6.45) is 7.49. The third kappa shape index (κ3) is 3.46. The predicted octanol–water partition coefficient (Wildman–Crippen LogP) is 3.52. The minimum absolute atomic E-state index is 0.234. The molecule has 1 aliphatic rings. The molecule has 0 bridgehead atoms. The number of aromatic nitrogens is 1. The van der Waals surface area contributed by atoms with E-state index in [4.69, 9.17) is 0 Å². The summed E-state index contributed by atoms with van der Waals surface area (Å²) < 4.78 is 0. The van der Waals surface area contributed by atoms with E-state index in [0.717, 1.165) is 19.6 Å². The second-order valence-corrected chi connectivity index (χ2v) is 6.92. The van der Waals surface area contributed by atoms with E-state index < -0.39 is 0 Å². The Balaban J connectivity index is 2.22. The number of rotatable bonds is 5. The summed E-state index contributed by atoms with van der Waals surface area (Å²) in [5.74, 6) is 0. The third-order valence-corrected chi connectivity index (χ3v) is 5.52. The molecule has 2 heterocycles. The largest absolute Gasteiger partial charge is 0.308 e. The van der Waals surface area contributed by atoms with Crippen molar-refractivity contribution in [3.05, 3.63) is 29.6 Å². The van der Waals surface area contributed by atoms with Gasteiger partial charge in [-0.15, -0.1) is 0 Å². The van der Waals surface area contributed by atoms with E-state index in [-0.39, 0.29) is 11.1 Å². The first-order chi connectivity index (χ1) is 9.97. The standard InChI is InChI=1S/C18H31N3/c1-6-17(5)13-20-18(7-2,8-3)14-21(17)12-16-9-15(4)10-19-11-16/h9-11,20H,6-8,12-14H2,1-5H3. The van der Waals surface area contributed by atoms with Crippen LogP contribution < -0.4 is 5.32 Å². The van der Waals surface area contributed by atoms with Crippen LogP contribution in [0, 0.1) is 6.92 Å². The van der Waals surface area contributed by atoms with Crippen molar-refractivity contribution < 1.29 is 0 Å². The van der Waals surface area contributed by atoms with Gasteiger partial charge in [0, 0.05) is 43.1 Å². The summed E-state index contributed by atoms with van der Waals surface area (Å²) in [5.41, 5.74) is 3.08. The predicted molar refractivity (Wildman–Crippen MR) is 89.4 cm³/mol. The van der Waals surface area contributed by atoms with Crippen LogP contribution in [-0.4, -0.2) is 34.1 Å². The Labute approximate surface area is 130 Å². The number of hydrogen-bond acceptors (Lipinski definition) is 3. The topological polar surface area (TPSA) is 28.2 Å². The highest BCUT2D eigenvalue weighted by Crippen LogP contribution is 2.31. The Bertz CT molecular complexity index is 467. The summed E-state index contributed by atoms with van der Waals surface area (Å²) in [6.45, 7) is 14.6. The van der Waals surface area contributed by atoms with Crippen LogP contribution in [0.25, 0.3) is 0 Å². The molecule has 1 aliphatic heterocycles. The van der Waals surface area contributed by atoms with E-state index in [9.17, 15) is 0 Å². The monoisotopic (exact) mass is 289 g/mol. The van der Waals surface area contributed by atoms with E-state index in [2.05, 4.69) is 55.9 Å². The molecule has 21 heavy (non-hydrogen) atoms. The van der Waals surface area contributed by atoms with Crippen LogP contribution in [0.2, 0.25) is 0 Å². The Kier molecular flexibility index (Phi) is 5.05. The van der Waals surface area contributed by atoms with Gasteiger partial charge in [0.2, 0.25) is 0 Å². The molecule has 0 amide bonds. The number of nitrogens with zero attached hydrogens (tertiary/aromatic N) is 2. The van der Waals surface area contributed by atoms with Crippen molar-refractivity contribution in [2.45, 2.75) is 71.5 Å². The smallest absolute Gasteiger partial charge is 0.0313 e. The fraction of sp³-hybridized carbons (Fsp3) is 0.722. The minimum atomic E-state index is 0.234. The van der Waals surface area contributed by atoms with Gasteiger partial charge in [0.15, 0.2) is 0 Å². The van der Waals surface area contributed by atoms with Gasteiger partial charge in [-0.2, -0.15) is 0 Å². The maximum Gasteiger partial charge on any atom is 0.0313 e. The zero-order valence-electron chi connectivity index (χ0n) is 14.4. The molecule has 0 spiro atoms. The molecule has 0 aromatic carbocycles. The molecule has 1 N–H and O–H groups in total. The summed E-state index contributed by atoms with van der Waals surface area (Å²) in [4.78, 5) is 7.03. The lowest BCUT2D eigenvalue weighted by Gasteiger charge is -2.53. The van der Waals surface area contributed by atoms with E-state index in [1.165, 1.54) is 30.4 Å². The molecule has 3 nitrogen and oxygen atoms in total. The first kappa shape index (κ1) is 16.4. The molecule has 1 saturated heterocycles. The zero-order chi connectivity index (χ0) is 15.5. The highest BCUT2D eigenvalue weighted by molar-refractivity contribution is 5.17. The van der Waals surface area contributed by atoms with E-state index in [1.807, 2.05) is 12.4 Å². The lowest BCUT2D eigenvalue weighted by Crippen LogP contribution is -2.68. The summed E-state index contributed by atoms with van der Waals surface area (Å²) >= 11 is 0. The first-order valence-electron chi connectivity index (χ1n) is 8.37. The molecule has 1 aromatic rings. The fourth-order valence-electron chi connectivity index (χ4n) is 3.35. The van der Waals surface area contributed by atoms with Gasteiger partial charge in [-0.05, 0) is 44.2 Å². The summed E-state index contributed by atoms with van der Waals surface area (Å²) in [6, 6.07) is 2.27. The molecule has 1 aromatic heterocycles. The normalized spacial score (nSPS) is 26.0. The van der Waals surface area contributed by atoms with Crippen molar-refractivity contribution in [3.63, 3.8) is 0 Å². The number of aryl methyl sites for hydroxylation is 1. The lowest BCUT2D eigenvalue weighted by molar-refractivity contribution is 0.00269. The molecule has 0 saturated carbocycles. The minimum Gasteiger partial charge on any atom is -0.308 e. The van der Waals surface area contributed by atoms with Crippen molar-refractivity contribution in [1.82, 2.24) is 15.2 Å². The van der Waals surface area contributed by atoms with Crippen LogP contribution in [0.15, 0.2) is 18.5 Å². The van der Waals surface area contributed by atoms with Crippen molar-refractivity contribution in [1.29, 1.82) is 0 Å². The van der Waals surface area contributed by atoms with Crippen LogP contribution in [0.4, 0.5) is 0 Å². The van der Waals surface area contributed by atoms with E-state index >= 15 is 0 Å². The average Bonchev–Trinajstić information content (AvgIpc) is 2.50. The van der Waals surface area contributed by atoms with Crippen molar-refractivity contribution >= 4 is 0 Å². The quantitative estimate of drug-likeness (QED) is 0.899. The van der Waals surface area contributed by atoms with Crippen LogP contribution >= 0.6 is 0 Å². The number of hydrogen-bond donors (Lipinski definition) is 1. The Morgan fingerprint density at radius 2 is 1.90 bits per heavy atom. The maximum atomic E-state index is 4.36. The second kappa shape index (κ2) is 6.45. The average molecular weight is 289 g/mol. The van der Waals surface area contributed by atoms with Gasteiger partial charge in [-0.25, -0.2) is 0 Å². The lowest BCUT2D eigenvalue weighted by atomic mass is 9.83. The molecule has 2 rings (SSSR count). The van der Waals surface area contributed by atoms with Gasteiger partial charge in [0.25, 0.3) is 0 Å². The van der Waals surface area contributed by atoms with Gasteiger partial charge in [0.05, 0.1) is 0 Å². The number of nitrogens with one attached hydrogen (secondary N) is 1. The van der Waals surface area contributed by atoms with E-state index in [1.54, 1.807) is 0 Å². The van der Waals surface area contributed by atoms with Gasteiger partial charge in [-0.3, -0.25) is 9.88 Å². The molecule has 0 aliphatic carbocycles. The molecule has 1 unspecified atom stereocenters.